The van der Waals surface area contributed by atoms with Crippen LogP contribution in [-0.2, 0) is 6.54 Å². The summed E-state index contributed by atoms with van der Waals surface area (Å²) in [5, 5.41) is 3.60. The van der Waals surface area contributed by atoms with Crippen molar-refractivity contribution in [3.8, 4) is 23.8 Å². The lowest BCUT2D eigenvalue weighted by molar-refractivity contribution is 0.331. The van der Waals surface area contributed by atoms with Gasteiger partial charge in [-0.1, -0.05) is 17.5 Å². The maximum absolute atomic E-state index is 12.9. The number of benzene rings is 2. The summed E-state index contributed by atoms with van der Waals surface area (Å²) in [6, 6.07) is 9.71. The highest BCUT2D eigenvalue weighted by Crippen LogP contribution is 2.36. The molecule has 1 N–H and O–H groups in total. The molecule has 0 heterocycles. The molecule has 0 aliphatic heterocycles. The third-order valence-corrected chi connectivity index (χ3v) is 3.21. The average molecular weight is 320 g/mol. The highest BCUT2D eigenvalue weighted by Gasteiger charge is 2.11. The normalized spacial score (nSPS) is 9.91. The zero-order chi connectivity index (χ0) is 15.9. The number of methoxy groups -OCH3 is 1. The van der Waals surface area contributed by atoms with E-state index in [2.05, 4.69) is 11.2 Å². The Balaban J connectivity index is 2.13. The van der Waals surface area contributed by atoms with E-state index in [-0.39, 0.29) is 12.4 Å². The van der Waals surface area contributed by atoms with Gasteiger partial charge in [0.25, 0.3) is 0 Å². The van der Waals surface area contributed by atoms with Crippen molar-refractivity contribution in [1.29, 1.82) is 0 Å². The van der Waals surface area contributed by atoms with Gasteiger partial charge in [-0.05, 0) is 42.0 Å². The van der Waals surface area contributed by atoms with Crippen LogP contribution in [0, 0.1) is 18.2 Å². The van der Waals surface area contributed by atoms with Gasteiger partial charge in [0.05, 0.1) is 12.1 Å². The van der Waals surface area contributed by atoms with Gasteiger partial charge in [-0.15, -0.1) is 6.42 Å². The number of hydrogen-bond donors (Lipinski definition) is 1. The molecular weight excluding hydrogens is 305 g/mol. The third kappa shape index (κ3) is 4.06. The maximum atomic E-state index is 12.9. The summed E-state index contributed by atoms with van der Waals surface area (Å²) in [5.74, 6) is 3.04. The second-order valence-corrected chi connectivity index (χ2v) is 4.87. The number of terminal acetylenes is 1. The molecule has 2 aromatic rings. The van der Waals surface area contributed by atoms with E-state index in [1.165, 1.54) is 19.2 Å². The maximum Gasteiger partial charge on any atom is 0.181 e. The van der Waals surface area contributed by atoms with Crippen molar-refractivity contribution in [2.24, 2.45) is 0 Å². The largest absolute Gasteiger partial charge is 0.493 e. The second kappa shape index (κ2) is 7.58. The number of ether oxygens (including phenoxy) is 2. The molecule has 0 aliphatic carbocycles. The van der Waals surface area contributed by atoms with Gasteiger partial charge in [-0.3, -0.25) is 0 Å². The first-order chi connectivity index (χ1) is 10.6. The first kappa shape index (κ1) is 16.0. The number of halogens is 2. The van der Waals surface area contributed by atoms with E-state index in [9.17, 15) is 4.39 Å². The van der Waals surface area contributed by atoms with E-state index >= 15 is 0 Å². The van der Waals surface area contributed by atoms with Crippen LogP contribution in [0.1, 0.15) is 5.56 Å². The Bertz CT molecular complexity index is 680. The molecule has 22 heavy (non-hydrogen) atoms. The molecule has 2 aromatic carbocycles. The molecule has 0 aromatic heterocycles. The second-order valence-electron chi connectivity index (χ2n) is 4.46. The summed E-state index contributed by atoms with van der Waals surface area (Å²) in [6.07, 6.45) is 5.17. The standard InChI is InChI=1S/C17H15ClFNO2/c1-3-8-22-17-15(18)9-12(10-16(17)21-2)11-20-14-6-4-13(19)5-7-14/h1,4-7,9-10,20H,8,11H2,2H3. The van der Waals surface area contributed by atoms with Crippen LogP contribution in [0.5, 0.6) is 11.5 Å². The van der Waals surface area contributed by atoms with Crippen LogP contribution >= 0.6 is 11.6 Å². The van der Waals surface area contributed by atoms with Crippen LogP contribution in [0.15, 0.2) is 36.4 Å². The van der Waals surface area contributed by atoms with Gasteiger partial charge in [0.2, 0.25) is 0 Å². The topological polar surface area (TPSA) is 30.5 Å². The molecular formula is C17H15ClFNO2. The first-order valence-electron chi connectivity index (χ1n) is 6.56. The van der Waals surface area contributed by atoms with Gasteiger partial charge >= 0.3 is 0 Å². The van der Waals surface area contributed by atoms with Gasteiger partial charge in [0.1, 0.15) is 12.4 Å². The summed E-state index contributed by atoms with van der Waals surface area (Å²) in [7, 11) is 1.53. The molecule has 2 rings (SSSR count). The molecule has 0 radical (unpaired) electrons. The average Bonchev–Trinajstić information content (AvgIpc) is 2.53. The van der Waals surface area contributed by atoms with Crippen LogP contribution < -0.4 is 14.8 Å². The monoisotopic (exact) mass is 319 g/mol. The SMILES string of the molecule is C#CCOc1c(Cl)cc(CNc2ccc(F)cc2)cc1OC. The zero-order valence-electron chi connectivity index (χ0n) is 12.0. The molecule has 0 aliphatic rings. The summed E-state index contributed by atoms with van der Waals surface area (Å²) in [4.78, 5) is 0. The van der Waals surface area contributed by atoms with E-state index in [0.29, 0.717) is 23.1 Å². The summed E-state index contributed by atoms with van der Waals surface area (Å²) in [6.45, 7) is 0.625. The molecule has 5 heteroatoms. The van der Waals surface area contributed by atoms with Crippen LogP contribution in [0.3, 0.4) is 0 Å². The molecule has 0 fully saturated rings. The van der Waals surface area contributed by atoms with Gasteiger partial charge in [0, 0.05) is 12.2 Å². The fraction of sp³-hybridized carbons (Fsp3) is 0.176. The van der Waals surface area contributed by atoms with Gasteiger partial charge < -0.3 is 14.8 Å². The van der Waals surface area contributed by atoms with E-state index in [1.54, 1.807) is 18.2 Å². The molecule has 0 bridgehead atoms. The van der Waals surface area contributed by atoms with Crippen molar-refractivity contribution in [3.63, 3.8) is 0 Å². The first-order valence-corrected chi connectivity index (χ1v) is 6.94. The Morgan fingerprint density at radius 3 is 2.64 bits per heavy atom. The summed E-state index contributed by atoms with van der Waals surface area (Å²) < 4.78 is 23.5. The number of hydrogen-bond acceptors (Lipinski definition) is 3. The van der Waals surface area contributed by atoms with Gasteiger partial charge in [-0.2, -0.15) is 0 Å². The van der Waals surface area contributed by atoms with E-state index < -0.39 is 0 Å². The summed E-state index contributed by atoms with van der Waals surface area (Å²) in [5.41, 5.74) is 1.71. The molecule has 0 spiro atoms. The van der Waals surface area contributed by atoms with Crippen molar-refractivity contribution in [2.45, 2.75) is 6.54 Å². The van der Waals surface area contributed by atoms with E-state index in [4.69, 9.17) is 27.5 Å². The Morgan fingerprint density at radius 2 is 2.00 bits per heavy atom. The van der Waals surface area contributed by atoms with Crippen LogP contribution in [0.4, 0.5) is 10.1 Å². The van der Waals surface area contributed by atoms with Crippen molar-refractivity contribution in [1.82, 2.24) is 0 Å². The lowest BCUT2D eigenvalue weighted by Gasteiger charge is -2.13. The fourth-order valence-electron chi connectivity index (χ4n) is 1.90. The molecule has 0 amide bonds. The minimum Gasteiger partial charge on any atom is -0.493 e. The van der Waals surface area contributed by atoms with Crippen molar-refractivity contribution in [3.05, 3.63) is 52.8 Å². The minimum atomic E-state index is -0.273. The van der Waals surface area contributed by atoms with Crippen molar-refractivity contribution < 1.29 is 13.9 Å². The number of anilines is 1. The predicted octanol–water partition coefficient (Wildman–Crippen LogP) is 4.11. The van der Waals surface area contributed by atoms with Gasteiger partial charge in [0.15, 0.2) is 11.5 Å². The van der Waals surface area contributed by atoms with E-state index in [1.807, 2.05) is 6.07 Å². The fourth-order valence-corrected chi connectivity index (χ4v) is 2.19. The quantitative estimate of drug-likeness (QED) is 0.813. The zero-order valence-corrected chi connectivity index (χ0v) is 12.8. The molecule has 0 saturated carbocycles. The van der Waals surface area contributed by atoms with E-state index in [0.717, 1.165) is 11.3 Å². The Kier molecular flexibility index (Phi) is 5.51. The highest BCUT2D eigenvalue weighted by atomic mass is 35.5. The Morgan fingerprint density at radius 1 is 1.27 bits per heavy atom. The Hall–Kier alpha value is -2.38. The summed E-state index contributed by atoms with van der Waals surface area (Å²) >= 11 is 6.20. The number of nitrogens with one attached hydrogen (secondary N) is 1. The minimum absolute atomic E-state index is 0.114. The number of rotatable bonds is 6. The molecule has 0 atom stereocenters. The lowest BCUT2D eigenvalue weighted by atomic mass is 10.2. The molecule has 0 unspecified atom stereocenters. The molecule has 114 valence electrons. The van der Waals surface area contributed by atoms with Crippen molar-refractivity contribution in [2.75, 3.05) is 19.0 Å². The smallest absolute Gasteiger partial charge is 0.181 e. The van der Waals surface area contributed by atoms with Crippen LogP contribution in [0.2, 0.25) is 5.02 Å². The predicted molar refractivity (Wildman–Crippen MR) is 86.1 cm³/mol. The van der Waals surface area contributed by atoms with Crippen LogP contribution in [-0.4, -0.2) is 13.7 Å². The highest BCUT2D eigenvalue weighted by molar-refractivity contribution is 6.32. The lowest BCUT2D eigenvalue weighted by Crippen LogP contribution is -2.02. The molecule has 0 saturated heterocycles. The van der Waals surface area contributed by atoms with Crippen molar-refractivity contribution >= 4 is 17.3 Å². The Labute approximate surface area is 134 Å². The van der Waals surface area contributed by atoms with Gasteiger partial charge in [-0.25, -0.2) is 4.39 Å². The van der Waals surface area contributed by atoms with Crippen LogP contribution in [0.25, 0.3) is 0 Å². The molecule has 3 nitrogen and oxygen atoms in total. The third-order valence-electron chi connectivity index (χ3n) is 2.93.